The summed E-state index contributed by atoms with van der Waals surface area (Å²) in [5.41, 5.74) is 2.22. The Morgan fingerprint density at radius 2 is 2.18 bits per heavy atom. The smallest absolute Gasteiger partial charge is 0.157 e. The Hall–Kier alpha value is -0.940. The van der Waals surface area contributed by atoms with E-state index in [4.69, 9.17) is 14.2 Å². The van der Waals surface area contributed by atoms with Crippen molar-refractivity contribution in [2.24, 2.45) is 0 Å². The van der Waals surface area contributed by atoms with Crippen LogP contribution >= 0.6 is 0 Å². The molecule has 1 aromatic rings. The van der Waals surface area contributed by atoms with Crippen LogP contribution in [0.15, 0.2) is 24.3 Å². The van der Waals surface area contributed by atoms with E-state index in [-0.39, 0.29) is 6.29 Å². The van der Waals surface area contributed by atoms with Gasteiger partial charge < -0.3 is 19.3 Å². The largest absolute Gasteiger partial charge is 0.389 e. The lowest BCUT2D eigenvalue weighted by Gasteiger charge is -2.22. The number of hydrogen-bond donors (Lipinski definition) is 1. The van der Waals surface area contributed by atoms with Crippen LogP contribution in [0.1, 0.15) is 49.8 Å². The van der Waals surface area contributed by atoms with Crippen molar-refractivity contribution in [1.29, 1.82) is 0 Å². The first-order valence-corrected chi connectivity index (χ1v) is 8.33. The number of ether oxygens (including phenoxy) is 3. The van der Waals surface area contributed by atoms with Crippen LogP contribution in [0.25, 0.3) is 0 Å². The average Bonchev–Trinajstić information content (AvgIpc) is 2.55. The van der Waals surface area contributed by atoms with Gasteiger partial charge in [0, 0.05) is 13.2 Å². The highest BCUT2D eigenvalue weighted by Gasteiger charge is 2.13. The summed E-state index contributed by atoms with van der Waals surface area (Å²) in [7, 11) is 0. The molecule has 0 bridgehead atoms. The van der Waals surface area contributed by atoms with Gasteiger partial charge in [0.25, 0.3) is 0 Å². The number of aryl methyl sites for hydroxylation is 1. The van der Waals surface area contributed by atoms with Gasteiger partial charge in [-0.2, -0.15) is 0 Å². The van der Waals surface area contributed by atoms with Gasteiger partial charge in [0.15, 0.2) is 6.29 Å². The molecule has 0 spiro atoms. The Bertz CT molecular complexity index is 413. The quantitative estimate of drug-likeness (QED) is 0.712. The highest BCUT2D eigenvalue weighted by Crippen LogP contribution is 2.15. The van der Waals surface area contributed by atoms with Crippen molar-refractivity contribution in [3.63, 3.8) is 0 Å². The highest BCUT2D eigenvalue weighted by atomic mass is 16.7. The standard InChI is InChI=1S/C18H28O4/c1-15(19)17-8-4-6-16(14-17)7-5-10-20-12-13-22-18-9-2-3-11-21-18/h4,6,8,14-15,18-19H,2-3,5,7,9-13H2,1H3. The van der Waals surface area contributed by atoms with Crippen molar-refractivity contribution >= 4 is 0 Å². The fraction of sp³-hybridized carbons (Fsp3) is 0.667. The van der Waals surface area contributed by atoms with E-state index in [1.807, 2.05) is 12.1 Å². The van der Waals surface area contributed by atoms with Gasteiger partial charge in [-0.25, -0.2) is 0 Å². The summed E-state index contributed by atoms with van der Waals surface area (Å²) in [4.78, 5) is 0. The molecular formula is C18H28O4. The van der Waals surface area contributed by atoms with Crippen molar-refractivity contribution in [2.45, 2.75) is 51.4 Å². The number of benzene rings is 1. The van der Waals surface area contributed by atoms with Gasteiger partial charge in [-0.3, -0.25) is 0 Å². The molecule has 4 nitrogen and oxygen atoms in total. The number of rotatable bonds is 9. The topological polar surface area (TPSA) is 47.9 Å². The summed E-state index contributed by atoms with van der Waals surface area (Å²) >= 11 is 0. The molecule has 124 valence electrons. The molecule has 1 aromatic carbocycles. The second-order valence-corrected chi connectivity index (χ2v) is 5.80. The van der Waals surface area contributed by atoms with Crippen molar-refractivity contribution in [3.8, 4) is 0 Å². The molecule has 0 aliphatic carbocycles. The molecule has 0 radical (unpaired) electrons. The summed E-state index contributed by atoms with van der Waals surface area (Å²) in [5, 5.41) is 9.58. The first-order chi connectivity index (χ1) is 10.8. The summed E-state index contributed by atoms with van der Waals surface area (Å²) in [5.74, 6) is 0. The van der Waals surface area contributed by atoms with Crippen molar-refractivity contribution in [2.75, 3.05) is 26.4 Å². The number of aliphatic hydroxyl groups excluding tert-OH is 1. The molecule has 1 heterocycles. The summed E-state index contributed by atoms with van der Waals surface area (Å²) < 4.78 is 16.7. The normalized spacial score (nSPS) is 20.0. The molecule has 1 aliphatic rings. The third-order valence-electron chi connectivity index (χ3n) is 3.86. The van der Waals surface area contributed by atoms with Gasteiger partial charge in [-0.05, 0) is 50.2 Å². The first kappa shape index (κ1) is 17.4. The van der Waals surface area contributed by atoms with Crippen molar-refractivity contribution < 1.29 is 19.3 Å². The zero-order chi connectivity index (χ0) is 15.6. The van der Waals surface area contributed by atoms with Crippen LogP contribution in [-0.2, 0) is 20.6 Å². The van der Waals surface area contributed by atoms with E-state index < -0.39 is 6.10 Å². The molecule has 1 saturated heterocycles. The van der Waals surface area contributed by atoms with E-state index in [2.05, 4.69) is 12.1 Å². The van der Waals surface area contributed by atoms with Crippen molar-refractivity contribution in [3.05, 3.63) is 35.4 Å². The molecule has 2 unspecified atom stereocenters. The Balaban J connectivity index is 1.51. The zero-order valence-corrected chi connectivity index (χ0v) is 13.5. The number of hydrogen-bond acceptors (Lipinski definition) is 4. The maximum atomic E-state index is 9.58. The van der Waals surface area contributed by atoms with Gasteiger partial charge in [0.05, 0.1) is 19.3 Å². The van der Waals surface area contributed by atoms with Crippen LogP contribution < -0.4 is 0 Å². The van der Waals surface area contributed by atoms with Crippen molar-refractivity contribution in [1.82, 2.24) is 0 Å². The van der Waals surface area contributed by atoms with E-state index in [0.717, 1.165) is 44.5 Å². The summed E-state index contributed by atoms with van der Waals surface area (Å²) in [6.07, 6.45) is 4.84. The van der Waals surface area contributed by atoms with Gasteiger partial charge in [0.2, 0.25) is 0 Å². The second-order valence-electron chi connectivity index (χ2n) is 5.80. The molecular weight excluding hydrogens is 280 g/mol. The monoisotopic (exact) mass is 308 g/mol. The summed E-state index contributed by atoms with van der Waals surface area (Å²) in [6, 6.07) is 8.11. The van der Waals surface area contributed by atoms with E-state index in [0.29, 0.717) is 13.2 Å². The molecule has 2 rings (SSSR count). The predicted octanol–water partition coefficient (Wildman–Crippen LogP) is 3.23. The third-order valence-corrected chi connectivity index (χ3v) is 3.86. The second kappa shape index (κ2) is 9.95. The Labute approximate surface area is 133 Å². The third kappa shape index (κ3) is 6.44. The lowest BCUT2D eigenvalue weighted by molar-refractivity contribution is -0.169. The summed E-state index contributed by atoms with van der Waals surface area (Å²) in [6.45, 7) is 4.55. The fourth-order valence-electron chi connectivity index (χ4n) is 2.57. The molecule has 1 aliphatic heterocycles. The maximum absolute atomic E-state index is 9.58. The van der Waals surface area contributed by atoms with Crippen LogP contribution in [0, 0.1) is 0 Å². The van der Waals surface area contributed by atoms with E-state index >= 15 is 0 Å². The van der Waals surface area contributed by atoms with Gasteiger partial charge in [0.1, 0.15) is 0 Å². The molecule has 0 amide bonds. The molecule has 0 saturated carbocycles. The molecule has 1 fully saturated rings. The Morgan fingerprint density at radius 3 is 2.95 bits per heavy atom. The minimum absolute atomic E-state index is 0.0273. The van der Waals surface area contributed by atoms with Crippen LogP contribution in [0.2, 0.25) is 0 Å². The average molecular weight is 308 g/mol. The molecule has 2 atom stereocenters. The maximum Gasteiger partial charge on any atom is 0.157 e. The lowest BCUT2D eigenvalue weighted by Crippen LogP contribution is -2.24. The molecule has 22 heavy (non-hydrogen) atoms. The van der Waals surface area contributed by atoms with E-state index in [1.165, 1.54) is 12.0 Å². The van der Waals surface area contributed by atoms with Crippen LogP contribution in [-0.4, -0.2) is 37.8 Å². The number of aliphatic hydroxyl groups is 1. The molecule has 1 N–H and O–H groups in total. The highest BCUT2D eigenvalue weighted by molar-refractivity contribution is 5.24. The zero-order valence-electron chi connectivity index (χ0n) is 13.5. The van der Waals surface area contributed by atoms with E-state index in [1.54, 1.807) is 6.92 Å². The van der Waals surface area contributed by atoms with Crippen LogP contribution in [0.5, 0.6) is 0 Å². The molecule has 0 aromatic heterocycles. The van der Waals surface area contributed by atoms with Gasteiger partial charge in [-0.15, -0.1) is 0 Å². The van der Waals surface area contributed by atoms with Gasteiger partial charge >= 0.3 is 0 Å². The predicted molar refractivity (Wildman–Crippen MR) is 85.8 cm³/mol. The van der Waals surface area contributed by atoms with E-state index in [9.17, 15) is 5.11 Å². The minimum atomic E-state index is -0.407. The lowest BCUT2D eigenvalue weighted by atomic mass is 10.0. The fourth-order valence-corrected chi connectivity index (χ4v) is 2.57. The van der Waals surface area contributed by atoms with Crippen LogP contribution in [0.4, 0.5) is 0 Å². The van der Waals surface area contributed by atoms with Gasteiger partial charge in [-0.1, -0.05) is 24.3 Å². The Morgan fingerprint density at radius 1 is 1.27 bits per heavy atom. The first-order valence-electron chi connectivity index (χ1n) is 8.33. The SMILES string of the molecule is CC(O)c1cccc(CCCOCCOC2CCCCO2)c1. The Kier molecular flexibility index (Phi) is 7.88. The van der Waals surface area contributed by atoms with Crippen LogP contribution in [0.3, 0.4) is 0 Å². The molecule has 4 heteroatoms. The minimum Gasteiger partial charge on any atom is -0.389 e.